The smallest absolute Gasteiger partial charge is 0.228 e. The van der Waals surface area contributed by atoms with Crippen LogP contribution in [0.1, 0.15) is 19.3 Å². The molecule has 3 fully saturated rings. The first-order chi connectivity index (χ1) is 9.15. The third-order valence-electron chi connectivity index (χ3n) is 5.22. The Morgan fingerprint density at radius 2 is 1.95 bits per heavy atom. The number of amides is 1. The predicted octanol–water partition coefficient (Wildman–Crippen LogP) is 3.82. The molecule has 4 rings (SSSR count). The lowest BCUT2D eigenvalue weighted by Crippen LogP contribution is -2.18. The third-order valence-corrected chi connectivity index (χ3v) is 5.92. The van der Waals surface area contributed by atoms with Gasteiger partial charge in [0.05, 0.1) is 5.69 Å². The van der Waals surface area contributed by atoms with Crippen LogP contribution in [0.2, 0.25) is 0 Å². The zero-order valence-corrected chi connectivity index (χ0v) is 12.0. The van der Waals surface area contributed by atoms with Crippen LogP contribution in [0.5, 0.6) is 0 Å². The second-order valence-electron chi connectivity index (χ2n) is 6.13. The van der Waals surface area contributed by atoms with E-state index < -0.39 is 0 Å². The first-order valence-electron chi connectivity index (χ1n) is 6.91. The highest BCUT2D eigenvalue weighted by Crippen LogP contribution is 2.69. The summed E-state index contributed by atoms with van der Waals surface area (Å²) < 4.78 is 13.9. The molecule has 1 amide bonds. The summed E-state index contributed by atoms with van der Waals surface area (Å²) >= 11 is 3.34. The van der Waals surface area contributed by atoms with E-state index in [0.29, 0.717) is 17.5 Å². The Balaban J connectivity index is 1.50. The minimum absolute atomic E-state index is 0.0814. The quantitative estimate of drug-likeness (QED) is 0.880. The second kappa shape index (κ2) is 4.05. The van der Waals surface area contributed by atoms with Crippen molar-refractivity contribution in [3.8, 4) is 0 Å². The van der Waals surface area contributed by atoms with E-state index in [2.05, 4.69) is 21.2 Å². The molecule has 1 aromatic rings. The van der Waals surface area contributed by atoms with E-state index in [-0.39, 0.29) is 17.6 Å². The van der Waals surface area contributed by atoms with Gasteiger partial charge in [-0.25, -0.2) is 4.39 Å². The lowest BCUT2D eigenvalue weighted by molar-refractivity contribution is -0.118. The summed E-state index contributed by atoms with van der Waals surface area (Å²) in [5.74, 6) is 2.73. The fraction of sp³-hybridized carbons (Fsp3) is 0.533. The molecule has 4 atom stereocenters. The highest BCUT2D eigenvalue weighted by Gasteiger charge is 2.67. The van der Waals surface area contributed by atoms with Crippen molar-refractivity contribution in [2.24, 2.45) is 29.6 Å². The SMILES string of the molecule is O=C(Nc1cc(F)ccc1Br)C1C2C3CCC(C3)C12. The van der Waals surface area contributed by atoms with Crippen molar-refractivity contribution in [2.45, 2.75) is 19.3 Å². The van der Waals surface area contributed by atoms with Crippen LogP contribution in [0.15, 0.2) is 22.7 Å². The number of rotatable bonds is 2. The van der Waals surface area contributed by atoms with E-state index in [1.165, 1.54) is 31.4 Å². The van der Waals surface area contributed by atoms with E-state index in [9.17, 15) is 9.18 Å². The molecule has 1 aromatic carbocycles. The van der Waals surface area contributed by atoms with Crippen LogP contribution < -0.4 is 5.32 Å². The minimum Gasteiger partial charge on any atom is -0.325 e. The van der Waals surface area contributed by atoms with E-state index in [1.54, 1.807) is 6.07 Å². The van der Waals surface area contributed by atoms with Gasteiger partial charge in [0.1, 0.15) is 5.82 Å². The molecule has 0 aliphatic heterocycles. The van der Waals surface area contributed by atoms with E-state index in [4.69, 9.17) is 0 Å². The van der Waals surface area contributed by atoms with Gasteiger partial charge in [-0.15, -0.1) is 0 Å². The summed E-state index contributed by atoms with van der Waals surface area (Å²) in [6, 6.07) is 4.38. The average Bonchev–Trinajstić information content (AvgIpc) is 2.83. The maximum atomic E-state index is 13.2. The number of carbonyl (C=O) groups excluding carboxylic acids is 1. The van der Waals surface area contributed by atoms with Gasteiger partial charge in [-0.05, 0) is 77.1 Å². The van der Waals surface area contributed by atoms with Gasteiger partial charge in [0, 0.05) is 10.4 Å². The molecule has 4 heteroatoms. The van der Waals surface area contributed by atoms with Crippen molar-refractivity contribution in [1.29, 1.82) is 0 Å². The van der Waals surface area contributed by atoms with Crippen molar-refractivity contribution in [2.75, 3.05) is 5.32 Å². The molecule has 3 aliphatic carbocycles. The highest BCUT2D eigenvalue weighted by molar-refractivity contribution is 9.10. The molecular formula is C15H15BrFNO. The van der Waals surface area contributed by atoms with E-state index in [1.807, 2.05) is 0 Å². The summed E-state index contributed by atoms with van der Waals surface area (Å²) in [5.41, 5.74) is 0.544. The van der Waals surface area contributed by atoms with E-state index in [0.717, 1.165) is 16.3 Å². The number of anilines is 1. The first kappa shape index (κ1) is 11.9. The van der Waals surface area contributed by atoms with Crippen molar-refractivity contribution in [1.82, 2.24) is 0 Å². The molecule has 0 spiro atoms. The molecule has 3 saturated carbocycles. The van der Waals surface area contributed by atoms with Crippen molar-refractivity contribution >= 4 is 27.5 Å². The van der Waals surface area contributed by atoms with E-state index >= 15 is 0 Å². The van der Waals surface area contributed by atoms with Crippen LogP contribution in [0.3, 0.4) is 0 Å². The van der Waals surface area contributed by atoms with Crippen LogP contribution >= 0.6 is 15.9 Å². The molecule has 19 heavy (non-hydrogen) atoms. The molecule has 0 saturated heterocycles. The maximum absolute atomic E-state index is 13.2. The van der Waals surface area contributed by atoms with Gasteiger partial charge in [-0.1, -0.05) is 0 Å². The molecule has 1 N–H and O–H groups in total. The standard InChI is InChI=1S/C15H15BrFNO/c16-10-4-3-9(17)6-11(10)18-15(19)14-12-7-1-2-8(5-7)13(12)14/h3-4,6-8,12-14H,1-2,5H2,(H,18,19). The van der Waals surface area contributed by atoms with Crippen LogP contribution in [0, 0.1) is 35.4 Å². The Hall–Kier alpha value is -0.900. The van der Waals surface area contributed by atoms with Gasteiger partial charge in [-0.2, -0.15) is 0 Å². The Morgan fingerprint density at radius 3 is 2.63 bits per heavy atom. The zero-order chi connectivity index (χ0) is 13.1. The molecule has 0 aromatic heterocycles. The minimum atomic E-state index is -0.324. The molecule has 100 valence electrons. The molecule has 0 radical (unpaired) electrons. The monoisotopic (exact) mass is 323 g/mol. The number of hydrogen-bond acceptors (Lipinski definition) is 1. The Bertz CT molecular complexity index is 545. The van der Waals surface area contributed by atoms with Gasteiger partial charge in [-0.3, -0.25) is 4.79 Å². The fourth-order valence-electron chi connectivity index (χ4n) is 4.48. The van der Waals surface area contributed by atoms with Crippen LogP contribution in [-0.4, -0.2) is 5.91 Å². The summed E-state index contributed by atoms with van der Waals surface area (Å²) in [4.78, 5) is 12.3. The topological polar surface area (TPSA) is 29.1 Å². The highest BCUT2D eigenvalue weighted by atomic mass is 79.9. The molecule has 3 aliphatic rings. The fourth-order valence-corrected chi connectivity index (χ4v) is 4.83. The number of benzene rings is 1. The molecule has 4 unspecified atom stereocenters. The normalized spacial score (nSPS) is 38.1. The van der Waals surface area contributed by atoms with Crippen molar-refractivity contribution < 1.29 is 9.18 Å². The number of halogens is 2. The first-order valence-corrected chi connectivity index (χ1v) is 7.70. The van der Waals surface area contributed by atoms with Crippen LogP contribution in [0.25, 0.3) is 0 Å². The predicted molar refractivity (Wildman–Crippen MR) is 74.0 cm³/mol. The van der Waals surface area contributed by atoms with Gasteiger partial charge < -0.3 is 5.32 Å². The zero-order valence-electron chi connectivity index (χ0n) is 10.4. The van der Waals surface area contributed by atoms with Gasteiger partial charge in [0.25, 0.3) is 0 Å². The van der Waals surface area contributed by atoms with Crippen LogP contribution in [0.4, 0.5) is 10.1 Å². The number of nitrogens with one attached hydrogen (secondary N) is 1. The Labute approximate surface area is 119 Å². The van der Waals surface area contributed by atoms with Gasteiger partial charge >= 0.3 is 0 Å². The number of hydrogen-bond donors (Lipinski definition) is 1. The lowest BCUT2D eigenvalue weighted by atomic mass is 10.0. The molecular weight excluding hydrogens is 309 g/mol. The van der Waals surface area contributed by atoms with Crippen LogP contribution in [-0.2, 0) is 4.79 Å². The maximum Gasteiger partial charge on any atom is 0.228 e. The van der Waals surface area contributed by atoms with Crippen molar-refractivity contribution in [3.05, 3.63) is 28.5 Å². The van der Waals surface area contributed by atoms with Gasteiger partial charge in [0.15, 0.2) is 0 Å². The second-order valence-corrected chi connectivity index (χ2v) is 6.98. The molecule has 2 bridgehead atoms. The summed E-state index contributed by atoms with van der Waals surface area (Å²) in [5, 5.41) is 2.88. The Morgan fingerprint density at radius 1 is 1.26 bits per heavy atom. The lowest BCUT2D eigenvalue weighted by Gasteiger charge is -2.11. The number of fused-ring (bicyclic) bond motifs is 5. The third kappa shape index (κ3) is 1.76. The molecule has 2 nitrogen and oxygen atoms in total. The van der Waals surface area contributed by atoms with Crippen molar-refractivity contribution in [3.63, 3.8) is 0 Å². The number of carbonyl (C=O) groups is 1. The average molecular weight is 324 g/mol. The summed E-state index contributed by atoms with van der Waals surface area (Å²) in [7, 11) is 0. The Kier molecular flexibility index (Phi) is 2.53. The summed E-state index contributed by atoms with van der Waals surface area (Å²) in [6.07, 6.45) is 3.95. The summed E-state index contributed by atoms with van der Waals surface area (Å²) in [6.45, 7) is 0. The largest absolute Gasteiger partial charge is 0.325 e. The molecule has 0 heterocycles. The van der Waals surface area contributed by atoms with Gasteiger partial charge in [0.2, 0.25) is 5.91 Å².